The number of rotatable bonds is 5. The van der Waals surface area contributed by atoms with Crippen LogP contribution in [-0.4, -0.2) is 25.1 Å². The van der Waals surface area contributed by atoms with Crippen molar-refractivity contribution in [1.82, 2.24) is 0 Å². The molecule has 0 spiro atoms. The maximum Gasteiger partial charge on any atom is 0.305 e. The molecule has 62 valence electrons. The Labute approximate surface area is 64.5 Å². The molecule has 0 bridgehead atoms. The lowest BCUT2D eigenvalue weighted by molar-refractivity contribution is -0.140. The zero-order valence-electron chi connectivity index (χ0n) is 6.33. The molecule has 0 N–H and O–H groups in total. The maximum atomic E-state index is 10.5. The number of carbonyl (C=O) groups excluding carboxylic acids is 3. The smallest absolute Gasteiger partial charge is 0.305 e. The summed E-state index contributed by atoms with van der Waals surface area (Å²) >= 11 is 0. The van der Waals surface area contributed by atoms with Gasteiger partial charge in [-0.2, -0.15) is 0 Å². The standard InChI is InChI=1S/C7H10O4/c1-11-7(10)4-2-3-6(9)5-8/h5H,2-4H2,1H3. The molecule has 0 saturated heterocycles. The van der Waals surface area contributed by atoms with E-state index in [0.29, 0.717) is 6.42 Å². The number of ketones is 1. The Morgan fingerprint density at radius 3 is 2.45 bits per heavy atom. The number of Topliss-reactive ketones (excluding diaryl/α,β-unsaturated/α-hetero) is 1. The first-order valence-electron chi connectivity index (χ1n) is 3.25. The third kappa shape index (κ3) is 5.26. The number of hydrogen-bond donors (Lipinski definition) is 0. The highest BCUT2D eigenvalue weighted by Gasteiger charge is 2.02. The number of carbonyl (C=O) groups is 3. The molecule has 0 aliphatic carbocycles. The van der Waals surface area contributed by atoms with Crippen LogP contribution in [0, 0.1) is 0 Å². The van der Waals surface area contributed by atoms with Gasteiger partial charge in [0.15, 0.2) is 12.1 Å². The fourth-order valence-electron chi connectivity index (χ4n) is 0.568. The molecule has 0 saturated carbocycles. The predicted octanol–water partition coefficient (Wildman–Crippen LogP) is 0.0977. The Balaban J connectivity index is 3.34. The predicted molar refractivity (Wildman–Crippen MR) is 36.9 cm³/mol. The molecule has 0 rings (SSSR count). The van der Waals surface area contributed by atoms with Crippen LogP contribution < -0.4 is 0 Å². The lowest BCUT2D eigenvalue weighted by atomic mass is 10.2. The van der Waals surface area contributed by atoms with Gasteiger partial charge in [0.1, 0.15) is 0 Å². The van der Waals surface area contributed by atoms with E-state index in [4.69, 9.17) is 0 Å². The van der Waals surface area contributed by atoms with E-state index < -0.39 is 5.78 Å². The van der Waals surface area contributed by atoms with Crippen molar-refractivity contribution >= 4 is 18.0 Å². The molecule has 0 fully saturated rings. The number of methoxy groups -OCH3 is 1. The van der Waals surface area contributed by atoms with E-state index in [-0.39, 0.29) is 25.1 Å². The van der Waals surface area contributed by atoms with Crippen molar-refractivity contribution in [2.24, 2.45) is 0 Å². The Kier molecular flexibility index (Phi) is 4.98. The summed E-state index contributed by atoms with van der Waals surface area (Å²) < 4.78 is 4.33. The Morgan fingerprint density at radius 1 is 1.36 bits per heavy atom. The van der Waals surface area contributed by atoms with Gasteiger partial charge in [-0.1, -0.05) is 0 Å². The fourth-order valence-corrected chi connectivity index (χ4v) is 0.568. The van der Waals surface area contributed by atoms with E-state index in [1.807, 2.05) is 0 Å². The lowest BCUT2D eigenvalue weighted by Gasteiger charge is -1.95. The van der Waals surface area contributed by atoms with Gasteiger partial charge < -0.3 is 4.74 Å². The lowest BCUT2D eigenvalue weighted by Crippen LogP contribution is -2.03. The van der Waals surface area contributed by atoms with E-state index in [0.717, 1.165) is 0 Å². The van der Waals surface area contributed by atoms with Gasteiger partial charge in [0.2, 0.25) is 0 Å². The van der Waals surface area contributed by atoms with Gasteiger partial charge in [0, 0.05) is 12.8 Å². The summed E-state index contributed by atoms with van der Waals surface area (Å²) in [6.07, 6.45) is 0.955. The first kappa shape index (κ1) is 9.81. The number of esters is 1. The second-order valence-electron chi connectivity index (χ2n) is 2.01. The zero-order valence-corrected chi connectivity index (χ0v) is 6.33. The van der Waals surface area contributed by atoms with Gasteiger partial charge in [-0.3, -0.25) is 14.4 Å². The molecule has 0 atom stereocenters. The van der Waals surface area contributed by atoms with Crippen LogP contribution in [0.5, 0.6) is 0 Å². The number of ether oxygens (including phenoxy) is 1. The topological polar surface area (TPSA) is 60.4 Å². The molecule has 0 heterocycles. The molecule has 0 unspecified atom stereocenters. The van der Waals surface area contributed by atoms with Crippen molar-refractivity contribution in [1.29, 1.82) is 0 Å². The largest absolute Gasteiger partial charge is 0.469 e. The molecule has 4 nitrogen and oxygen atoms in total. The van der Waals surface area contributed by atoms with Crippen molar-refractivity contribution in [3.8, 4) is 0 Å². The van der Waals surface area contributed by atoms with E-state index in [1.54, 1.807) is 0 Å². The van der Waals surface area contributed by atoms with Crippen molar-refractivity contribution < 1.29 is 19.1 Å². The van der Waals surface area contributed by atoms with Crippen molar-refractivity contribution in [3.63, 3.8) is 0 Å². The summed E-state index contributed by atoms with van der Waals surface area (Å²) in [5.41, 5.74) is 0. The van der Waals surface area contributed by atoms with Crippen LogP contribution in [-0.2, 0) is 19.1 Å². The van der Waals surface area contributed by atoms with Crippen LogP contribution in [0.4, 0.5) is 0 Å². The minimum absolute atomic E-state index is 0.124. The van der Waals surface area contributed by atoms with Gasteiger partial charge in [0.05, 0.1) is 7.11 Å². The Morgan fingerprint density at radius 2 is 2.00 bits per heavy atom. The molecule has 11 heavy (non-hydrogen) atoms. The van der Waals surface area contributed by atoms with Gasteiger partial charge in [0.25, 0.3) is 0 Å². The molecule has 0 aliphatic rings. The summed E-state index contributed by atoms with van der Waals surface area (Å²) in [5.74, 6) is -0.836. The molecule has 4 heteroatoms. The van der Waals surface area contributed by atoms with Crippen LogP contribution in [0.3, 0.4) is 0 Å². The van der Waals surface area contributed by atoms with Gasteiger partial charge in [-0.05, 0) is 6.42 Å². The summed E-state index contributed by atoms with van der Waals surface area (Å²) in [5, 5.41) is 0. The maximum absolute atomic E-state index is 10.5. The quantitative estimate of drug-likeness (QED) is 0.323. The highest BCUT2D eigenvalue weighted by Crippen LogP contribution is 1.96. The fraction of sp³-hybridized carbons (Fsp3) is 0.571. The first-order chi connectivity index (χ1) is 5.20. The summed E-state index contributed by atoms with van der Waals surface area (Å²) in [6, 6.07) is 0. The summed E-state index contributed by atoms with van der Waals surface area (Å²) in [7, 11) is 1.28. The SMILES string of the molecule is COC(=O)CCCC(=O)C=O. The van der Waals surface area contributed by atoms with Crippen molar-refractivity contribution in [2.45, 2.75) is 19.3 Å². The van der Waals surface area contributed by atoms with Crippen LogP contribution in [0.2, 0.25) is 0 Å². The minimum atomic E-state index is -0.478. The molecule has 0 radical (unpaired) electrons. The summed E-state index contributed by atoms with van der Waals surface area (Å²) in [6.45, 7) is 0. The average molecular weight is 158 g/mol. The van der Waals surface area contributed by atoms with Gasteiger partial charge >= 0.3 is 5.97 Å². The van der Waals surface area contributed by atoms with E-state index in [9.17, 15) is 14.4 Å². The van der Waals surface area contributed by atoms with Gasteiger partial charge in [-0.15, -0.1) is 0 Å². The Hall–Kier alpha value is -1.19. The van der Waals surface area contributed by atoms with E-state index >= 15 is 0 Å². The molecule has 0 aromatic carbocycles. The number of hydrogen-bond acceptors (Lipinski definition) is 4. The van der Waals surface area contributed by atoms with Crippen LogP contribution >= 0.6 is 0 Å². The van der Waals surface area contributed by atoms with E-state index in [2.05, 4.69) is 4.74 Å². The summed E-state index contributed by atoms with van der Waals surface area (Å²) in [4.78, 5) is 30.6. The molecule has 0 aromatic heterocycles. The highest BCUT2D eigenvalue weighted by molar-refractivity contribution is 6.24. The van der Waals surface area contributed by atoms with Crippen LogP contribution in [0.25, 0.3) is 0 Å². The second-order valence-corrected chi connectivity index (χ2v) is 2.01. The third-order valence-electron chi connectivity index (χ3n) is 1.16. The number of aldehydes is 1. The van der Waals surface area contributed by atoms with Gasteiger partial charge in [-0.25, -0.2) is 0 Å². The zero-order chi connectivity index (χ0) is 8.69. The van der Waals surface area contributed by atoms with Crippen molar-refractivity contribution in [3.05, 3.63) is 0 Å². The first-order valence-corrected chi connectivity index (χ1v) is 3.25. The molecular weight excluding hydrogens is 148 g/mol. The highest BCUT2D eigenvalue weighted by atomic mass is 16.5. The van der Waals surface area contributed by atoms with Crippen LogP contribution in [0.15, 0.2) is 0 Å². The monoisotopic (exact) mass is 158 g/mol. The Bertz CT molecular complexity index is 162. The van der Waals surface area contributed by atoms with Crippen molar-refractivity contribution in [2.75, 3.05) is 7.11 Å². The molecule has 0 aromatic rings. The normalized spacial score (nSPS) is 8.82. The molecular formula is C7H10O4. The van der Waals surface area contributed by atoms with E-state index in [1.165, 1.54) is 7.11 Å². The molecule has 0 aliphatic heterocycles. The average Bonchev–Trinajstić information content (AvgIpc) is 2.04. The minimum Gasteiger partial charge on any atom is -0.469 e. The second kappa shape index (κ2) is 5.58. The molecule has 0 amide bonds. The van der Waals surface area contributed by atoms with Crippen LogP contribution in [0.1, 0.15) is 19.3 Å². The third-order valence-corrected chi connectivity index (χ3v) is 1.16.